The van der Waals surface area contributed by atoms with Gasteiger partial charge in [0.25, 0.3) is 0 Å². The van der Waals surface area contributed by atoms with Gasteiger partial charge in [0.15, 0.2) is 0 Å². The third-order valence-electron chi connectivity index (χ3n) is 5.72. The largest absolute Gasteiger partial charge is 0.356 e. The highest BCUT2D eigenvalue weighted by atomic mass is 16.1. The SMILES string of the molecule is CCC1CCC(CNC(=O)C2CCC(N)C(C)C2)CC1. The van der Waals surface area contributed by atoms with Gasteiger partial charge in [-0.3, -0.25) is 4.79 Å². The number of amides is 1. The average molecular weight is 280 g/mol. The van der Waals surface area contributed by atoms with Crippen LogP contribution in [0.25, 0.3) is 0 Å². The molecule has 0 heterocycles. The summed E-state index contributed by atoms with van der Waals surface area (Å²) in [7, 11) is 0. The van der Waals surface area contributed by atoms with Crippen molar-refractivity contribution in [1.29, 1.82) is 0 Å². The molecule has 3 atom stereocenters. The highest BCUT2D eigenvalue weighted by Crippen LogP contribution is 2.31. The molecule has 2 saturated carbocycles. The molecular weight excluding hydrogens is 248 g/mol. The lowest BCUT2D eigenvalue weighted by molar-refractivity contribution is -0.126. The molecular formula is C17H32N2O. The standard InChI is InChI=1S/C17H32N2O/c1-3-13-4-6-14(7-5-13)11-19-17(20)15-8-9-16(18)12(2)10-15/h12-16H,3-11,18H2,1-2H3,(H,19,20). The van der Waals surface area contributed by atoms with Crippen LogP contribution in [0.4, 0.5) is 0 Å². The van der Waals surface area contributed by atoms with Crippen molar-refractivity contribution in [2.75, 3.05) is 6.54 Å². The van der Waals surface area contributed by atoms with Crippen molar-refractivity contribution in [3.63, 3.8) is 0 Å². The molecule has 3 nitrogen and oxygen atoms in total. The Balaban J connectivity index is 1.68. The summed E-state index contributed by atoms with van der Waals surface area (Å²) in [4.78, 5) is 12.3. The predicted octanol–water partition coefficient (Wildman–Crippen LogP) is 3.08. The summed E-state index contributed by atoms with van der Waals surface area (Å²) in [5.41, 5.74) is 6.03. The molecule has 0 spiro atoms. The minimum atomic E-state index is 0.205. The van der Waals surface area contributed by atoms with E-state index in [0.717, 1.165) is 31.7 Å². The van der Waals surface area contributed by atoms with Crippen molar-refractivity contribution in [3.05, 3.63) is 0 Å². The lowest BCUT2D eigenvalue weighted by atomic mass is 9.78. The third kappa shape index (κ3) is 4.21. The first-order chi connectivity index (χ1) is 9.60. The van der Waals surface area contributed by atoms with Crippen LogP contribution in [0.15, 0.2) is 0 Å². The molecule has 116 valence electrons. The molecule has 2 fully saturated rings. The molecule has 3 heteroatoms. The second kappa shape index (κ2) is 7.44. The van der Waals surface area contributed by atoms with Gasteiger partial charge in [-0.25, -0.2) is 0 Å². The first-order valence-electron chi connectivity index (χ1n) is 8.63. The Kier molecular flexibility index (Phi) is 5.88. The zero-order valence-corrected chi connectivity index (χ0v) is 13.2. The van der Waals surface area contributed by atoms with Crippen molar-refractivity contribution < 1.29 is 4.79 Å². The van der Waals surface area contributed by atoms with Crippen LogP contribution in [-0.2, 0) is 4.79 Å². The van der Waals surface area contributed by atoms with Gasteiger partial charge in [0.05, 0.1) is 0 Å². The van der Waals surface area contributed by atoms with Crippen LogP contribution in [0.5, 0.6) is 0 Å². The van der Waals surface area contributed by atoms with Gasteiger partial charge in [-0.15, -0.1) is 0 Å². The lowest BCUT2D eigenvalue weighted by Gasteiger charge is -2.32. The molecule has 3 unspecified atom stereocenters. The molecule has 0 radical (unpaired) electrons. The van der Waals surface area contributed by atoms with Gasteiger partial charge in [-0.05, 0) is 49.9 Å². The summed E-state index contributed by atoms with van der Waals surface area (Å²) in [5.74, 6) is 2.62. The second-order valence-corrected chi connectivity index (χ2v) is 7.19. The topological polar surface area (TPSA) is 55.1 Å². The summed E-state index contributed by atoms with van der Waals surface area (Å²) in [6, 6.07) is 0.295. The molecule has 0 aromatic rings. The van der Waals surface area contributed by atoms with E-state index in [4.69, 9.17) is 5.73 Å². The first kappa shape index (κ1) is 15.8. The maximum Gasteiger partial charge on any atom is 0.223 e. The fraction of sp³-hybridized carbons (Fsp3) is 0.941. The molecule has 2 rings (SSSR count). The number of carbonyl (C=O) groups excluding carboxylic acids is 1. The van der Waals surface area contributed by atoms with Crippen molar-refractivity contribution in [2.45, 2.75) is 71.3 Å². The zero-order valence-electron chi connectivity index (χ0n) is 13.2. The summed E-state index contributed by atoms with van der Waals surface area (Å²) < 4.78 is 0. The summed E-state index contributed by atoms with van der Waals surface area (Å²) in [5, 5.41) is 3.21. The fourth-order valence-corrected chi connectivity index (χ4v) is 3.89. The normalized spacial score (nSPS) is 38.5. The van der Waals surface area contributed by atoms with E-state index in [1.807, 2.05) is 0 Å². The van der Waals surface area contributed by atoms with Crippen LogP contribution in [0.3, 0.4) is 0 Å². The Morgan fingerprint density at radius 3 is 2.35 bits per heavy atom. The molecule has 0 aromatic heterocycles. The van der Waals surface area contributed by atoms with Gasteiger partial charge in [0.2, 0.25) is 5.91 Å². The number of hydrogen-bond donors (Lipinski definition) is 2. The number of nitrogens with two attached hydrogens (primary N) is 1. The molecule has 2 aliphatic rings. The van der Waals surface area contributed by atoms with E-state index in [0.29, 0.717) is 17.9 Å². The Hall–Kier alpha value is -0.570. The maximum absolute atomic E-state index is 12.3. The summed E-state index contributed by atoms with van der Waals surface area (Å²) in [6.07, 6.45) is 9.56. The number of nitrogens with one attached hydrogen (secondary N) is 1. The monoisotopic (exact) mass is 280 g/mol. The first-order valence-corrected chi connectivity index (χ1v) is 8.63. The maximum atomic E-state index is 12.3. The Morgan fingerprint density at radius 2 is 1.75 bits per heavy atom. The fourth-order valence-electron chi connectivity index (χ4n) is 3.89. The lowest BCUT2D eigenvalue weighted by Crippen LogP contribution is -2.41. The van der Waals surface area contributed by atoms with Gasteiger partial charge in [0.1, 0.15) is 0 Å². The molecule has 0 saturated heterocycles. The Morgan fingerprint density at radius 1 is 1.10 bits per heavy atom. The quantitative estimate of drug-likeness (QED) is 0.831. The van der Waals surface area contributed by atoms with Gasteiger partial charge >= 0.3 is 0 Å². The molecule has 0 bridgehead atoms. The predicted molar refractivity (Wildman–Crippen MR) is 83.2 cm³/mol. The number of carbonyl (C=O) groups is 1. The van der Waals surface area contributed by atoms with E-state index >= 15 is 0 Å². The van der Waals surface area contributed by atoms with Crippen molar-refractivity contribution in [3.8, 4) is 0 Å². The second-order valence-electron chi connectivity index (χ2n) is 7.19. The van der Waals surface area contributed by atoms with Crippen LogP contribution >= 0.6 is 0 Å². The summed E-state index contributed by atoms with van der Waals surface area (Å²) >= 11 is 0. The van der Waals surface area contributed by atoms with Gasteiger partial charge < -0.3 is 11.1 Å². The Bertz CT molecular complexity index is 310. The van der Waals surface area contributed by atoms with Crippen molar-refractivity contribution in [1.82, 2.24) is 5.32 Å². The molecule has 0 aliphatic heterocycles. The van der Waals surface area contributed by atoms with E-state index in [-0.39, 0.29) is 11.8 Å². The number of rotatable bonds is 4. The smallest absolute Gasteiger partial charge is 0.223 e. The molecule has 20 heavy (non-hydrogen) atoms. The van der Waals surface area contributed by atoms with E-state index in [1.165, 1.54) is 32.1 Å². The van der Waals surface area contributed by atoms with E-state index in [2.05, 4.69) is 19.2 Å². The number of hydrogen-bond acceptors (Lipinski definition) is 2. The minimum Gasteiger partial charge on any atom is -0.356 e. The average Bonchev–Trinajstić information content (AvgIpc) is 2.48. The summed E-state index contributed by atoms with van der Waals surface area (Å²) in [6.45, 7) is 5.37. The molecule has 0 aromatic carbocycles. The van der Waals surface area contributed by atoms with E-state index in [1.54, 1.807) is 0 Å². The van der Waals surface area contributed by atoms with Crippen molar-refractivity contribution in [2.24, 2.45) is 29.4 Å². The highest BCUT2D eigenvalue weighted by Gasteiger charge is 2.30. The highest BCUT2D eigenvalue weighted by molar-refractivity contribution is 5.78. The zero-order chi connectivity index (χ0) is 14.5. The van der Waals surface area contributed by atoms with Crippen LogP contribution in [0.1, 0.15) is 65.2 Å². The molecule has 2 aliphatic carbocycles. The van der Waals surface area contributed by atoms with Gasteiger partial charge in [-0.1, -0.05) is 33.1 Å². The van der Waals surface area contributed by atoms with Crippen molar-refractivity contribution >= 4 is 5.91 Å². The van der Waals surface area contributed by atoms with E-state index in [9.17, 15) is 4.79 Å². The van der Waals surface area contributed by atoms with Gasteiger partial charge in [-0.2, -0.15) is 0 Å². The third-order valence-corrected chi connectivity index (χ3v) is 5.72. The van der Waals surface area contributed by atoms with Crippen LogP contribution in [-0.4, -0.2) is 18.5 Å². The molecule has 3 N–H and O–H groups in total. The Labute approximate surface area is 124 Å². The van der Waals surface area contributed by atoms with Crippen LogP contribution < -0.4 is 11.1 Å². The van der Waals surface area contributed by atoms with Crippen LogP contribution in [0.2, 0.25) is 0 Å². The molecule has 1 amide bonds. The van der Waals surface area contributed by atoms with Gasteiger partial charge in [0, 0.05) is 18.5 Å². The van der Waals surface area contributed by atoms with E-state index < -0.39 is 0 Å². The minimum absolute atomic E-state index is 0.205. The van der Waals surface area contributed by atoms with Crippen LogP contribution in [0, 0.1) is 23.7 Å².